The molecular weight excluding hydrogens is 438 g/mol. The van der Waals surface area contributed by atoms with E-state index in [9.17, 15) is 9.59 Å². The molecule has 0 saturated carbocycles. The van der Waals surface area contributed by atoms with Crippen molar-refractivity contribution in [2.75, 3.05) is 41.0 Å². The lowest BCUT2D eigenvalue weighted by molar-refractivity contribution is -0.139. The van der Waals surface area contributed by atoms with Gasteiger partial charge in [-0.1, -0.05) is 12.1 Å². The number of methoxy groups -OCH3 is 3. The molecule has 1 aliphatic rings. The molecule has 8 nitrogen and oxygen atoms in total. The Morgan fingerprint density at radius 2 is 1.74 bits per heavy atom. The van der Waals surface area contributed by atoms with E-state index < -0.39 is 11.9 Å². The van der Waals surface area contributed by atoms with Crippen LogP contribution in [-0.4, -0.2) is 63.0 Å². The Labute approximate surface area is 199 Å². The van der Waals surface area contributed by atoms with Crippen LogP contribution >= 0.6 is 0 Å². The first-order chi connectivity index (χ1) is 16.4. The van der Waals surface area contributed by atoms with Gasteiger partial charge in [0.2, 0.25) is 0 Å². The van der Waals surface area contributed by atoms with E-state index in [4.69, 9.17) is 24.1 Å². The first kappa shape index (κ1) is 25.1. The topological polar surface area (TPSA) is 94.5 Å². The van der Waals surface area contributed by atoms with Crippen LogP contribution < -0.4 is 14.2 Å². The van der Waals surface area contributed by atoms with Gasteiger partial charge in [-0.3, -0.25) is 4.90 Å². The maximum atomic E-state index is 11.6. The summed E-state index contributed by atoms with van der Waals surface area (Å²) in [7, 11) is 4.93. The molecule has 0 bridgehead atoms. The molecule has 2 aromatic carbocycles. The minimum absolute atomic E-state index is 0.111. The standard InChI is InChI=1S/C26H31NO7/c1-31-20-7-5-18(6-8-20)15-22-21-17-24(33-3)23(32-2)16-19(21)11-13-27(22)12-4-14-34-26(30)10-9-25(28)29/h5-10,16-17,22H,4,11-15H2,1-3H3,(H,28,29)/b10-9+. The quantitative estimate of drug-likeness (QED) is 0.304. The van der Waals surface area contributed by atoms with E-state index in [1.165, 1.54) is 16.7 Å². The normalized spacial score (nSPS) is 15.6. The highest BCUT2D eigenvalue weighted by Gasteiger charge is 2.29. The first-order valence-electron chi connectivity index (χ1n) is 11.1. The fraction of sp³-hybridized carbons (Fsp3) is 0.385. The summed E-state index contributed by atoms with van der Waals surface area (Å²) in [5.41, 5.74) is 3.61. The largest absolute Gasteiger partial charge is 0.497 e. The fourth-order valence-electron chi connectivity index (χ4n) is 4.20. The molecule has 3 rings (SSSR count). The molecule has 1 heterocycles. The van der Waals surface area contributed by atoms with Crippen LogP contribution in [-0.2, 0) is 27.2 Å². The fourth-order valence-corrected chi connectivity index (χ4v) is 4.20. The van der Waals surface area contributed by atoms with Crippen LogP contribution in [0.1, 0.15) is 29.2 Å². The van der Waals surface area contributed by atoms with E-state index >= 15 is 0 Å². The van der Waals surface area contributed by atoms with Crippen LogP contribution in [0.4, 0.5) is 0 Å². The zero-order valence-corrected chi connectivity index (χ0v) is 19.8. The van der Waals surface area contributed by atoms with Crippen LogP contribution in [0.5, 0.6) is 17.2 Å². The summed E-state index contributed by atoms with van der Waals surface area (Å²) in [5, 5.41) is 8.61. The van der Waals surface area contributed by atoms with Gasteiger partial charge >= 0.3 is 11.9 Å². The van der Waals surface area contributed by atoms with Gasteiger partial charge < -0.3 is 24.1 Å². The molecule has 0 aliphatic carbocycles. The molecule has 2 aromatic rings. The van der Waals surface area contributed by atoms with Gasteiger partial charge in [0.15, 0.2) is 11.5 Å². The van der Waals surface area contributed by atoms with Crippen molar-refractivity contribution in [3.8, 4) is 17.2 Å². The molecule has 0 spiro atoms. The smallest absolute Gasteiger partial charge is 0.331 e. The van der Waals surface area contributed by atoms with E-state index in [-0.39, 0.29) is 12.6 Å². The van der Waals surface area contributed by atoms with Crippen LogP contribution in [0.25, 0.3) is 0 Å². The molecule has 34 heavy (non-hydrogen) atoms. The number of benzene rings is 2. The number of carbonyl (C=O) groups excluding carboxylic acids is 1. The van der Waals surface area contributed by atoms with Gasteiger partial charge in [0.1, 0.15) is 5.75 Å². The number of nitrogens with zero attached hydrogens (tertiary/aromatic N) is 1. The molecule has 0 aromatic heterocycles. The van der Waals surface area contributed by atoms with Crippen molar-refractivity contribution >= 4 is 11.9 Å². The maximum Gasteiger partial charge on any atom is 0.331 e. The highest BCUT2D eigenvalue weighted by molar-refractivity contribution is 5.90. The lowest BCUT2D eigenvalue weighted by Crippen LogP contribution is -2.37. The van der Waals surface area contributed by atoms with Gasteiger partial charge in [0.25, 0.3) is 0 Å². The molecule has 182 valence electrons. The predicted octanol–water partition coefficient (Wildman–Crippen LogP) is 3.43. The average molecular weight is 470 g/mol. The molecule has 0 saturated heterocycles. The molecule has 1 atom stereocenters. The lowest BCUT2D eigenvalue weighted by Gasteiger charge is -2.38. The van der Waals surface area contributed by atoms with Gasteiger partial charge in [-0.15, -0.1) is 0 Å². The molecule has 1 aliphatic heterocycles. The van der Waals surface area contributed by atoms with Gasteiger partial charge in [0.05, 0.1) is 27.9 Å². The number of carbonyl (C=O) groups is 2. The number of aliphatic carboxylic acids is 1. The second-order valence-electron chi connectivity index (χ2n) is 7.95. The van der Waals surface area contributed by atoms with Crippen LogP contribution in [0, 0.1) is 0 Å². The summed E-state index contributed by atoms with van der Waals surface area (Å²) < 4.78 is 21.5. The Morgan fingerprint density at radius 3 is 2.38 bits per heavy atom. The molecule has 1 N–H and O–H groups in total. The number of esters is 1. The van der Waals surface area contributed by atoms with Gasteiger partial charge in [-0.05, 0) is 60.2 Å². The number of rotatable bonds is 11. The highest BCUT2D eigenvalue weighted by Crippen LogP contribution is 2.39. The molecule has 0 radical (unpaired) electrons. The Hall–Kier alpha value is -3.52. The maximum absolute atomic E-state index is 11.6. The minimum atomic E-state index is -1.18. The lowest BCUT2D eigenvalue weighted by atomic mass is 9.88. The van der Waals surface area contributed by atoms with E-state index in [1.807, 2.05) is 12.1 Å². The van der Waals surface area contributed by atoms with E-state index in [1.54, 1.807) is 21.3 Å². The van der Waals surface area contributed by atoms with Crippen molar-refractivity contribution in [1.82, 2.24) is 4.90 Å². The summed E-state index contributed by atoms with van der Waals surface area (Å²) in [6.45, 7) is 1.80. The van der Waals surface area contributed by atoms with Gasteiger partial charge in [0, 0.05) is 31.3 Å². The van der Waals surface area contributed by atoms with E-state index in [0.717, 1.165) is 49.6 Å². The molecule has 8 heteroatoms. The monoisotopic (exact) mass is 469 g/mol. The van der Waals surface area contributed by atoms with Crippen molar-refractivity contribution in [3.05, 3.63) is 65.2 Å². The molecular formula is C26H31NO7. The summed E-state index contributed by atoms with van der Waals surface area (Å²) in [5.74, 6) is 0.395. The van der Waals surface area contributed by atoms with Gasteiger partial charge in [-0.25, -0.2) is 9.59 Å². The third-order valence-electron chi connectivity index (χ3n) is 5.90. The second-order valence-corrected chi connectivity index (χ2v) is 7.95. The summed E-state index contributed by atoms with van der Waals surface area (Å²) in [4.78, 5) is 24.5. The Morgan fingerprint density at radius 1 is 1.03 bits per heavy atom. The van der Waals surface area contributed by atoms with Crippen LogP contribution in [0.2, 0.25) is 0 Å². The Kier molecular flexibility index (Phi) is 8.93. The van der Waals surface area contributed by atoms with Crippen molar-refractivity contribution in [2.24, 2.45) is 0 Å². The predicted molar refractivity (Wildman–Crippen MR) is 127 cm³/mol. The zero-order chi connectivity index (χ0) is 24.5. The van der Waals surface area contributed by atoms with Gasteiger partial charge in [-0.2, -0.15) is 0 Å². The van der Waals surface area contributed by atoms with Crippen molar-refractivity contribution in [1.29, 1.82) is 0 Å². The van der Waals surface area contributed by atoms with E-state index in [2.05, 4.69) is 29.2 Å². The third kappa shape index (κ3) is 6.51. The molecule has 0 fully saturated rings. The minimum Gasteiger partial charge on any atom is -0.497 e. The van der Waals surface area contributed by atoms with Crippen molar-refractivity contribution < 1.29 is 33.6 Å². The zero-order valence-electron chi connectivity index (χ0n) is 19.8. The first-order valence-corrected chi connectivity index (χ1v) is 11.1. The van der Waals surface area contributed by atoms with Crippen LogP contribution in [0.15, 0.2) is 48.6 Å². The number of fused-ring (bicyclic) bond motifs is 1. The summed E-state index contributed by atoms with van der Waals surface area (Å²) in [6.07, 6.45) is 4.00. The summed E-state index contributed by atoms with van der Waals surface area (Å²) >= 11 is 0. The number of carboxylic acid groups (broad SMARTS) is 1. The highest BCUT2D eigenvalue weighted by atomic mass is 16.5. The number of hydrogen-bond donors (Lipinski definition) is 1. The Bertz CT molecular complexity index is 1020. The third-order valence-corrected chi connectivity index (χ3v) is 5.90. The summed E-state index contributed by atoms with van der Waals surface area (Å²) in [6, 6.07) is 12.3. The Balaban J connectivity index is 1.76. The van der Waals surface area contributed by atoms with Crippen molar-refractivity contribution in [2.45, 2.75) is 25.3 Å². The molecule has 0 amide bonds. The van der Waals surface area contributed by atoms with Crippen molar-refractivity contribution in [3.63, 3.8) is 0 Å². The number of hydrogen-bond acceptors (Lipinski definition) is 7. The number of carboxylic acids is 1. The van der Waals surface area contributed by atoms with Crippen LogP contribution in [0.3, 0.4) is 0 Å². The number of ether oxygens (including phenoxy) is 4. The van der Waals surface area contributed by atoms with E-state index in [0.29, 0.717) is 12.2 Å². The molecule has 1 unspecified atom stereocenters. The SMILES string of the molecule is COc1ccc(CC2c3cc(OC)c(OC)cc3CCN2CCCOC(=O)/C=C/C(=O)O)cc1. The average Bonchev–Trinajstić information content (AvgIpc) is 2.85. The second kappa shape index (κ2) is 12.1.